The molecule has 3 N–H and O–H groups in total. The van der Waals surface area contributed by atoms with Crippen LogP contribution in [0.2, 0.25) is 0 Å². The Hall–Kier alpha value is -0.910. The molecule has 0 bridgehead atoms. The standard InChI is InChI=1S/C30H48O5/c1-26(2)22-9-8-20-19(28(22,5)13-12-23(26)31)11-15-29(6)18(10-14-30(20,29)7)17-16-21(35-25(17)33)24(32)27(3,4)34/h8,17-19,21-24,31-32,34H,9-16H2,1-7H3/t17?,18-,19-,21-,22-,23-,24?,28+,29-,30+/m0/s1. The minimum absolute atomic E-state index is 0.0144. The number of hydrogen-bond acceptors (Lipinski definition) is 5. The van der Waals surface area contributed by atoms with E-state index in [1.807, 2.05) is 0 Å². The fourth-order valence-corrected chi connectivity index (χ4v) is 9.99. The predicted molar refractivity (Wildman–Crippen MR) is 135 cm³/mol. The van der Waals surface area contributed by atoms with Crippen LogP contribution < -0.4 is 0 Å². The van der Waals surface area contributed by atoms with Crippen LogP contribution >= 0.6 is 0 Å². The SMILES string of the molecule is CC(C)(O)C(O)[C@@H]1CC([C@@H]2CC[C@]3(C)C4=CC[C@H]5C(C)(C)[C@@H](O)CC[C@]5(C)[C@H]4CC[C@@]23C)C(=O)O1. The summed E-state index contributed by atoms with van der Waals surface area (Å²) in [6.07, 6.45) is 8.46. The van der Waals surface area contributed by atoms with Crippen molar-refractivity contribution in [3.05, 3.63) is 11.6 Å². The Morgan fingerprint density at radius 3 is 2.40 bits per heavy atom. The zero-order valence-corrected chi connectivity index (χ0v) is 22.9. The van der Waals surface area contributed by atoms with Crippen LogP contribution in [-0.4, -0.2) is 45.2 Å². The van der Waals surface area contributed by atoms with Gasteiger partial charge in [-0.2, -0.15) is 0 Å². The van der Waals surface area contributed by atoms with Gasteiger partial charge in [-0.25, -0.2) is 0 Å². The molecule has 5 heteroatoms. The lowest BCUT2D eigenvalue weighted by molar-refractivity contribution is -0.157. The third-order valence-corrected chi connectivity index (χ3v) is 12.5. The Kier molecular flexibility index (Phi) is 5.73. The average molecular weight is 489 g/mol. The van der Waals surface area contributed by atoms with Crippen LogP contribution in [0.25, 0.3) is 0 Å². The van der Waals surface area contributed by atoms with Gasteiger partial charge in [-0.05, 0) is 98.2 Å². The largest absolute Gasteiger partial charge is 0.459 e. The van der Waals surface area contributed by atoms with Crippen LogP contribution in [0.5, 0.6) is 0 Å². The van der Waals surface area contributed by atoms with Gasteiger partial charge in [0, 0.05) is 6.42 Å². The number of ether oxygens (including phenoxy) is 1. The number of hydrogen-bond donors (Lipinski definition) is 3. The molecule has 35 heavy (non-hydrogen) atoms. The molecule has 1 heterocycles. The van der Waals surface area contributed by atoms with Crippen LogP contribution in [0.3, 0.4) is 0 Å². The van der Waals surface area contributed by atoms with E-state index in [9.17, 15) is 20.1 Å². The van der Waals surface area contributed by atoms with Crippen LogP contribution in [0.4, 0.5) is 0 Å². The van der Waals surface area contributed by atoms with Crippen molar-refractivity contribution in [2.24, 2.45) is 45.3 Å². The lowest BCUT2D eigenvalue weighted by atomic mass is 9.41. The molecule has 4 aliphatic carbocycles. The molecule has 0 aromatic heterocycles. The van der Waals surface area contributed by atoms with Gasteiger partial charge in [0.25, 0.3) is 0 Å². The normalized spacial score (nSPS) is 50.0. The van der Waals surface area contributed by atoms with Gasteiger partial charge in [-0.15, -0.1) is 0 Å². The Balaban J connectivity index is 1.44. The number of carbonyl (C=O) groups is 1. The maximum absolute atomic E-state index is 13.1. The Morgan fingerprint density at radius 1 is 1.06 bits per heavy atom. The molecule has 0 spiro atoms. The summed E-state index contributed by atoms with van der Waals surface area (Å²) in [5, 5.41) is 31.7. The average Bonchev–Trinajstić information content (AvgIpc) is 3.26. The molecule has 2 unspecified atom stereocenters. The first-order valence-corrected chi connectivity index (χ1v) is 14.1. The first kappa shape index (κ1) is 25.7. The minimum atomic E-state index is -1.30. The molecule has 5 aliphatic rings. The highest BCUT2D eigenvalue weighted by molar-refractivity contribution is 5.75. The van der Waals surface area contributed by atoms with E-state index in [4.69, 9.17) is 4.74 Å². The van der Waals surface area contributed by atoms with Crippen molar-refractivity contribution in [3.8, 4) is 0 Å². The Morgan fingerprint density at radius 2 is 1.74 bits per heavy atom. The van der Waals surface area contributed by atoms with Crippen molar-refractivity contribution in [2.45, 2.75) is 124 Å². The van der Waals surface area contributed by atoms with Crippen molar-refractivity contribution in [2.75, 3.05) is 0 Å². The van der Waals surface area contributed by atoms with Crippen LogP contribution in [0, 0.1) is 45.3 Å². The Bertz CT molecular complexity index is 916. The van der Waals surface area contributed by atoms with Crippen molar-refractivity contribution >= 4 is 5.97 Å². The molecule has 10 atom stereocenters. The molecule has 0 amide bonds. The monoisotopic (exact) mass is 488 g/mol. The van der Waals surface area contributed by atoms with Gasteiger partial charge >= 0.3 is 5.97 Å². The minimum Gasteiger partial charge on any atom is -0.459 e. The van der Waals surface area contributed by atoms with Gasteiger partial charge in [0.1, 0.15) is 12.2 Å². The number of aliphatic hydroxyl groups is 3. The number of cyclic esters (lactones) is 1. The molecule has 5 nitrogen and oxygen atoms in total. The highest BCUT2D eigenvalue weighted by Gasteiger charge is 2.67. The summed E-state index contributed by atoms with van der Waals surface area (Å²) >= 11 is 0. The molecular formula is C30H48O5. The molecule has 5 rings (SSSR count). The van der Waals surface area contributed by atoms with Crippen molar-refractivity contribution in [3.63, 3.8) is 0 Å². The first-order chi connectivity index (χ1) is 16.1. The number of aliphatic hydroxyl groups excluding tert-OH is 2. The molecule has 0 radical (unpaired) electrons. The summed E-state index contributed by atoms with van der Waals surface area (Å²) < 4.78 is 5.67. The molecule has 1 saturated heterocycles. The Labute approximate surface area is 211 Å². The van der Waals surface area contributed by atoms with Gasteiger partial charge in [-0.3, -0.25) is 4.79 Å². The quantitative estimate of drug-likeness (QED) is 0.384. The van der Waals surface area contributed by atoms with E-state index in [0.29, 0.717) is 18.3 Å². The molecule has 3 saturated carbocycles. The van der Waals surface area contributed by atoms with Gasteiger partial charge in [-0.1, -0.05) is 46.3 Å². The molecule has 0 aromatic carbocycles. The summed E-state index contributed by atoms with van der Waals surface area (Å²) in [5.41, 5.74) is 0.538. The fraction of sp³-hybridized carbons (Fsp3) is 0.900. The zero-order chi connectivity index (χ0) is 25.8. The van der Waals surface area contributed by atoms with E-state index in [2.05, 4.69) is 40.7 Å². The topological polar surface area (TPSA) is 87.0 Å². The summed E-state index contributed by atoms with van der Waals surface area (Å²) in [5.74, 6) is 0.868. The van der Waals surface area contributed by atoms with Gasteiger partial charge < -0.3 is 20.1 Å². The highest BCUT2D eigenvalue weighted by Crippen LogP contribution is 2.73. The number of fused-ring (bicyclic) bond motifs is 5. The molecule has 0 aromatic rings. The third kappa shape index (κ3) is 3.39. The van der Waals surface area contributed by atoms with Crippen LogP contribution in [-0.2, 0) is 9.53 Å². The number of allylic oxidation sites excluding steroid dienone is 2. The lowest BCUT2D eigenvalue weighted by Crippen LogP contribution is -2.58. The number of rotatable bonds is 3. The van der Waals surface area contributed by atoms with Crippen LogP contribution in [0.15, 0.2) is 11.6 Å². The summed E-state index contributed by atoms with van der Waals surface area (Å²) in [6.45, 7) is 15.1. The third-order valence-electron chi connectivity index (χ3n) is 12.5. The maximum Gasteiger partial charge on any atom is 0.309 e. The van der Waals surface area contributed by atoms with Gasteiger partial charge in [0.2, 0.25) is 0 Å². The summed E-state index contributed by atoms with van der Waals surface area (Å²) in [4.78, 5) is 13.1. The first-order valence-electron chi connectivity index (χ1n) is 14.1. The van der Waals surface area contributed by atoms with Gasteiger partial charge in [0.05, 0.1) is 17.6 Å². The lowest BCUT2D eigenvalue weighted by Gasteiger charge is -2.64. The van der Waals surface area contributed by atoms with E-state index >= 15 is 0 Å². The van der Waals surface area contributed by atoms with E-state index in [1.54, 1.807) is 19.4 Å². The molecule has 198 valence electrons. The molecule has 1 aliphatic heterocycles. The van der Waals surface area contributed by atoms with E-state index in [0.717, 1.165) is 44.9 Å². The summed E-state index contributed by atoms with van der Waals surface area (Å²) in [6, 6.07) is 0. The van der Waals surface area contributed by atoms with Crippen molar-refractivity contribution < 1.29 is 24.9 Å². The fourth-order valence-electron chi connectivity index (χ4n) is 9.99. The summed E-state index contributed by atoms with van der Waals surface area (Å²) in [7, 11) is 0. The number of carbonyl (C=O) groups excluding carboxylic acids is 1. The van der Waals surface area contributed by atoms with Crippen molar-refractivity contribution in [1.82, 2.24) is 0 Å². The highest BCUT2D eigenvalue weighted by atomic mass is 16.6. The smallest absolute Gasteiger partial charge is 0.309 e. The van der Waals surface area contributed by atoms with E-state index in [1.165, 1.54) is 0 Å². The molecule has 4 fully saturated rings. The predicted octanol–water partition coefficient (Wildman–Crippen LogP) is 5.02. The van der Waals surface area contributed by atoms with E-state index < -0.39 is 17.8 Å². The second-order valence-electron chi connectivity index (χ2n) is 14.7. The molecular weight excluding hydrogens is 440 g/mol. The zero-order valence-electron chi connectivity index (χ0n) is 22.9. The maximum atomic E-state index is 13.1. The van der Waals surface area contributed by atoms with Crippen LogP contribution in [0.1, 0.15) is 99.8 Å². The van der Waals surface area contributed by atoms with Crippen molar-refractivity contribution in [1.29, 1.82) is 0 Å². The second kappa shape index (κ2) is 7.80. The van der Waals surface area contributed by atoms with E-state index in [-0.39, 0.29) is 45.6 Å². The second-order valence-corrected chi connectivity index (χ2v) is 14.7. The van der Waals surface area contributed by atoms with Gasteiger partial charge in [0.15, 0.2) is 0 Å². The number of esters is 1.